The SMILES string of the molecule is Nc1nccc2cc(CNC(=O)c3csc([C@@H]4C[C@@H](N)CN4C(=O)c4cn5cc(Cl)ccc5n4)n3)ccc12. The van der Waals surface area contributed by atoms with Crippen LogP contribution in [0, 0.1) is 0 Å². The lowest BCUT2D eigenvalue weighted by Gasteiger charge is -2.21. The van der Waals surface area contributed by atoms with E-state index in [2.05, 4.69) is 20.3 Å². The molecule has 1 aromatic carbocycles. The molecule has 5 aromatic rings. The Labute approximate surface area is 226 Å². The summed E-state index contributed by atoms with van der Waals surface area (Å²) in [6.45, 7) is 0.710. The molecule has 1 aliphatic heterocycles. The molecule has 192 valence electrons. The number of fused-ring (bicyclic) bond motifs is 2. The van der Waals surface area contributed by atoms with Gasteiger partial charge in [-0.1, -0.05) is 23.7 Å². The van der Waals surface area contributed by atoms with Gasteiger partial charge in [0.1, 0.15) is 27.9 Å². The highest BCUT2D eigenvalue weighted by molar-refractivity contribution is 7.09. The van der Waals surface area contributed by atoms with Crippen LogP contribution in [0.15, 0.2) is 60.4 Å². The van der Waals surface area contributed by atoms with Crippen LogP contribution < -0.4 is 16.8 Å². The van der Waals surface area contributed by atoms with Crippen LogP contribution in [-0.4, -0.2) is 48.7 Å². The number of likely N-dealkylation sites (tertiary alicyclic amines) is 1. The number of hydrogen-bond donors (Lipinski definition) is 3. The van der Waals surface area contributed by atoms with Gasteiger partial charge in [-0.2, -0.15) is 0 Å². The fourth-order valence-corrected chi connectivity index (χ4v) is 5.81. The molecule has 0 radical (unpaired) electrons. The molecule has 4 aromatic heterocycles. The molecule has 0 bridgehead atoms. The Morgan fingerprint density at radius 2 is 2.00 bits per heavy atom. The Morgan fingerprint density at radius 3 is 2.87 bits per heavy atom. The quantitative estimate of drug-likeness (QED) is 0.306. The third-order valence-electron chi connectivity index (χ3n) is 6.58. The summed E-state index contributed by atoms with van der Waals surface area (Å²) in [5, 5.41) is 7.66. The first kappa shape index (κ1) is 24.3. The minimum atomic E-state index is -0.336. The average Bonchev–Trinajstić information content (AvgIpc) is 3.65. The molecule has 10 nitrogen and oxygen atoms in total. The maximum Gasteiger partial charge on any atom is 0.274 e. The molecule has 38 heavy (non-hydrogen) atoms. The van der Waals surface area contributed by atoms with Gasteiger partial charge in [-0.25, -0.2) is 15.0 Å². The van der Waals surface area contributed by atoms with Crippen LogP contribution >= 0.6 is 22.9 Å². The number of carbonyl (C=O) groups is 2. The number of benzene rings is 1. The molecule has 2 amide bonds. The number of nitrogens with two attached hydrogens (primary N) is 2. The van der Waals surface area contributed by atoms with E-state index in [4.69, 9.17) is 23.1 Å². The van der Waals surface area contributed by atoms with E-state index >= 15 is 0 Å². The van der Waals surface area contributed by atoms with Crippen molar-refractivity contribution < 1.29 is 9.59 Å². The lowest BCUT2D eigenvalue weighted by Crippen LogP contribution is -2.33. The van der Waals surface area contributed by atoms with Gasteiger partial charge in [0, 0.05) is 48.5 Å². The van der Waals surface area contributed by atoms with E-state index < -0.39 is 0 Å². The van der Waals surface area contributed by atoms with E-state index in [-0.39, 0.29) is 23.9 Å². The Morgan fingerprint density at radius 1 is 1.13 bits per heavy atom. The van der Waals surface area contributed by atoms with E-state index in [1.807, 2.05) is 24.3 Å². The van der Waals surface area contributed by atoms with E-state index in [1.54, 1.807) is 45.4 Å². The first-order chi connectivity index (χ1) is 18.4. The van der Waals surface area contributed by atoms with Crippen molar-refractivity contribution in [3.63, 3.8) is 0 Å². The summed E-state index contributed by atoms with van der Waals surface area (Å²) in [4.78, 5) is 41.1. The minimum Gasteiger partial charge on any atom is -0.383 e. The molecule has 0 spiro atoms. The summed E-state index contributed by atoms with van der Waals surface area (Å²) >= 11 is 7.40. The molecular formula is C26H23ClN8O2S. The first-order valence-corrected chi connectivity index (χ1v) is 13.2. The van der Waals surface area contributed by atoms with Crippen LogP contribution in [-0.2, 0) is 6.54 Å². The third-order valence-corrected chi connectivity index (χ3v) is 7.75. The van der Waals surface area contributed by atoms with E-state index in [0.29, 0.717) is 52.4 Å². The largest absolute Gasteiger partial charge is 0.383 e. The zero-order valence-corrected chi connectivity index (χ0v) is 21.6. The number of rotatable bonds is 5. The van der Waals surface area contributed by atoms with Gasteiger partial charge in [0.25, 0.3) is 11.8 Å². The maximum atomic E-state index is 13.4. The summed E-state index contributed by atoms with van der Waals surface area (Å²) < 4.78 is 1.72. The number of anilines is 1. The molecule has 5 N–H and O–H groups in total. The summed E-state index contributed by atoms with van der Waals surface area (Å²) in [6.07, 6.45) is 5.56. The maximum absolute atomic E-state index is 13.4. The van der Waals surface area contributed by atoms with Crippen molar-refractivity contribution in [1.29, 1.82) is 0 Å². The lowest BCUT2D eigenvalue weighted by atomic mass is 10.1. The molecule has 0 saturated carbocycles. The molecule has 0 unspecified atom stereocenters. The zero-order chi connectivity index (χ0) is 26.4. The number of imidazole rings is 1. The second-order valence-corrected chi connectivity index (χ2v) is 10.5. The van der Waals surface area contributed by atoms with Gasteiger partial charge in [-0.05, 0) is 41.6 Å². The highest BCUT2D eigenvalue weighted by Gasteiger charge is 2.37. The molecule has 1 saturated heterocycles. The fraction of sp³-hybridized carbons (Fsp3) is 0.192. The Bertz CT molecular complexity index is 1700. The minimum absolute atomic E-state index is 0.200. The second-order valence-electron chi connectivity index (χ2n) is 9.21. The molecule has 1 aliphatic rings. The standard InChI is InChI=1S/C26H23ClN8O2S/c27-16-2-4-22-32-19(12-34(22)10-16)26(37)35-11-17(28)8-21(35)25-33-20(13-38-25)24(36)31-9-14-1-3-18-15(7-14)5-6-30-23(18)29/h1-7,10,12-13,17,21H,8-9,11,28H2,(H2,29,30)(H,31,36)/t17-,21+/m1/s1. The predicted molar refractivity (Wildman–Crippen MR) is 146 cm³/mol. The summed E-state index contributed by atoms with van der Waals surface area (Å²) in [6, 6.07) is 10.6. The number of pyridine rings is 2. The van der Waals surface area contributed by atoms with Crippen LogP contribution in [0.3, 0.4) is 0 Å². The van der Waals surface area contributed by atoms with Crippen molar-refractivity contribution in [3.8, 4) is 0 Å². The topological polar surface area (TPSA) is 145 Å². The third kappa shape index (κ3) is 4.55. The number of nitrogens with zero attached hydrogens (tertiary/aromatic N) is 5. The van der Waals surface area contributed by atoms with Crippen LogP contribution in [0.4, 0.5) is 5.82 Å². The average molecular weight is 547 g/mol. The van der Waals surface area contributed by atoms with Gasteiger partial charge >= 0.3 is 0 Å². The van der Waals surface area contributed by atoms with Crippen molar-refractivity contribution in [2.45, 2.75) is 25.0 Å². The molecule has 2 atom stereocenters. The van der Waals surface area contributed by atoms with E-state index in [9.17, 15) is 9.59 Å². The summed E-state index contributed by atoms with van der Waals surface area (Å²) in [5.74, 6) is -0.0619. The number of carbonyl (C=O) groups excluding carboxylic acids is 2. The summed E-state index contributed by atoms with van der Waals surface area (Å²) in [5.41, 5.74) is 14.3. The van der Waals surface area contributed by atoms with Crippen molar-refractivity contribution in [3.05, 3.63) is 87.4 Å². The second kappa shape index (κ2) is 9.67. The number of aromatic nitrogens is 4. The zero-order valence-electron chi connectivity index (χ0n) is 20.0. The van der Waals surface area contributed by atoms with Gasteiger partial charge in [-0.15, -0.1) is 11.3 Å². The van der Waals surface area contributed by atoms with Crippen LogP contribution in [0.5, 0.6) is 0 Å². The number of hydrogen-bond acceptors (Lipinski definition) is 8. The lowest BCUT2D eigenvalue weighted by molar-refractivity contribution is 0.0728. The Hall–Kier alpha value is -4.06. The van der Waals surface area contributed by atoms with Crippen molar-refractivity contribution >= 4 is 57.0 Å². The van der Waals surface area contributed by atoms with Gasteiger partial charge in [0.2, 0.25) is 0 Å². The van der Waals surface area contributed by atoms with Gasteiger partial charge in [0.05, 0.1) is 11.1 Å². The van der Waals surface area contributed by atoms with Gasteiger partial charge in [-0.3, -0.25) is 9.59 Å². The molecule has 5 heterocycles. The number of nitrogen functional groups attached to an aromatic ring is 1. The number of halogens is 1. The number of nitrogens with one attached hydrogen (secondary N) is 1. The van der Waals surface area contributed by atoms with Crippen molar-refractivity contribution in [1.82, 2.24) is 29.6 Å². The van der Waals surface area contributed by atoms with Gasteiger partial charge < -0.3 is 26.1 Å². The van der Waals surface area contributed by atoms with Crippen LogP contribution in [0.1, 0.15) is 44.0 Å². The van der Waals surface area contributed by atoms with E-state index in [1.165, 1.54) is 11.3 Å². The highest BCUT2D eigenvalue weighted by Crippen LogP contribution is 2.34. The highest BCUT2D eigenvalue weighted by atomic mass is 35.5. The molecule has 0 aliphatic carbocycles. The molecular weight excluding hydrogens is 524 g/mol. The van der Waals surface area contributed by atoms with Crippen molar-refractivity contribution in [2.75, 3.05) is 12.3 Å². The molecule has 1 fully saturated rings. The first-order valence-electron chi connectivity index (χ1n) is 11.9. The Kier molecular flexibility index (Phi) is 6.18. The molecule has 6 rings (SSSR count). The number of amides is 2. The number of thiazole rings is 1. The fourth-order valence-electron chi connectivity index (χ4n) is 4.72. The van der Waals surface area contributed by atoms with Crippen LogP contribution in [0.25, 0.3) is 16.4 Å². The Balaban J connectivity index is 1.17. The van der Waals surface area contributed by atoms with Crippen LogP contribution in [0.2, 0.25) is 5.02 Å². The normalized spacial score (nSPS) is 17.4. The monoisotopic (exact) mass is 546 g/mol. The van der Waals surface area contributed by atoms with Crippen molar-refractivity contribution in [2.24, 2.45) is 5.73 Å². The van der Waals surface area contributed by atoms with E-state index in [0.717, 1.165) is 16.3 Å². The molecule has 12 heteroatoms. The predicted octanol–water partition coefficient (Wildman–Crippen LogP) is 3.42. The van der Waals surface area contributed by atoms with Gasteiger partial charge in [0.15, 0.2) is 0 Å². The smallest absolute Gasteiger partial charge is 0.274 e. The summed E-state index contributed by atoms with van der Waals surface area (Å²) in [7, 11) is 0.